The van der Waals surface area contributed by atoms with Gasteiger partial charge in [0.2, 0.25) is 5.91 Å². The summed E-state index contributed by atoms with van der Waals surface area (Å²) in [6.45, 7) is 0. The molecule has 1 saturated carbocycles. The van der Waals surface area contributed by atoms with Crippen LogP contribution < -0.4 is 5.32 Å². The van der Waals surface area contributed by atoms with Crippen LogP contribution in [0.5, 0.6) is 5.75 Å². The summed E-state index contributed by atoms with van der Waals surface area (Å²) in [7, 11) is 0. The fourth-order valence-electron chi connectivity index (χ4n) is 3.41. The van der Waals surface area contributed by atoms with Crippen molar-refractivity contribution in [3.05, 3.63) is 65.7 Å². The summed E-state index contributed by atoms with van der Waals surface area (Å²) in [5.74, 6) is 0.578. The van der Waals surface area contributed by atoms with Crippen molar-refractivity contribution in [1.82, 2.24) is 5.32 Å². The molecule has 4 heteroatoms. The zero-order valence-electron chi connectivity index (χ0n) is 14.3. The quantitative estimate of drug-likeness (QED) is 0.726. The Morgan fingerprint density at radius 2 is 1.80 bits per heavy atom. The molecule has 1 atom stereocenters. The van der Waals surface area contributed by atoms with Crippen LogP contribution in [-0.4, -0.2) is 28.3 Å². The number of rotatable bonds is 7. The van der Waals surface area contributed by atoms with Gasteiger partial charge in [-0.05, 0) is 54.9 Å². The van der Waals surface area contributed by atoms with Crippen molar-refractivity contribution >= 4 is 5.91 Å². The van der Waals surface area contributed by atoms with E-state index in [4.69, 9.17) is 0 Å². The summed E-state index contributed by atoms with van der Waals surface area (Å²) < 4.78 is 0. The molecule has 0 aliphatic heterocycles. The van der Waals surface area contributed by atoms with Crippen LogP contribution in [0.25, 0.3) is 0 Å². The zero-order chi connectivity index (χ0) is 17.6. The summed E-state index contributed by atoms with van der Waals surface area (Å²) in [6, 6.07) is 17.2. The Kier molecular flexibility index (Phi) is 5.71. The van der Waals surface area contributed by atoms with E-state index in [-0.39, 0.29) is 23.8 Å². The normalized spacial score (nSPS) is 20.5. The van der Waals surface area contributed by atoms with E-state index >= 15 is 0 Å². The van der Waals surface area contributed by atoms with Crippen LogP contribution in [0.15, 0.2) is 54.6 Å². The minimum Gasteiger partial charge on any atom is -0.508 e. The van der Waals surface area contributed by atoms with E-state index < -0.39 is 0 Å². The third kappa shape index (κ3) is 5.07. The lowest BCUT2D eigenvalue weighted by Crippen LogP contribution is -2.48. The number of phenolic OH excluding ortho intramolecular Hbond substituents is 1. The Morgan fingerprint density at radius 1 is 1.08 bits per heavy atom. The number of aliphatic hydroxyl groups excluding tert-OH is 1. The monoisotopic (exact) mass is 339 g/mol. The number of aliphatic hydroxyl groups is 1. The molecule has 1 aliphatic carbocycles. The van der Waals surface area contributed by atoms with Gasteiger partial charge >= 0.3 is 0 Å². The van der Waals surface area contributed by atoms with Crippen LogP contribution >= 0.6 is 0 Å². The molecule has 1 aliphatic rings. The maximum absolute atomic E-state index is 12.4. The maximum Gasteiger partial charge on any atom is 0.220 e. The molecule has 0 heterocycles. The maximum atomic E-state index is 12.4. The molecule has 0 bridgehead atoms. The topological polar surface area (TPSA) is 69.6 Å². The first-order chi connectivity index (χ1) is 12.1. The fraction of sp³-hybridized carbons (Fsp3) is 0.381. The van der Waals surface area contributed by atoms with Crippen LogP contribution in [0, 0.1) is 5.92 Å². The van der Waals surface area contributed by atoms with Crippen LogP contribution in [-0.2, 0) is 17.6 Å². The molecule has 0 saturated heterocycles. The third-order valence-electron chi connectivity index (χ3n) is 4.91. The molecule has 0 radical (unpaired) electrons. The van der Waals surface area contributed by atoms with Crippen molar-refractivity contribution in [2.45, 2.75) is 44.2 Å². The van der Waals surface area contributed by atoms with E-state index in [2.05, 4.69) is 17.4 Å². The van der Waals surface area contributed by atoms with E-state index in [1.807, 2.05) is 24.3 Å². The van der Waals surface area contributed by atoms with Gasteiger partial charge in [0.1, 0.15) is 5.75 Å². The molecule has 1 fully saturated rings. The summed E-state index contributed by atoms with van der Waals surface area (Å²) >= 11 is 0. The summed E-state index contributed by atoms with van der Waals surface area (Å²) in [6.07, 6.45) is 3.06. The van der Waals surface area contributed by atoms with E-state index in [0.717, 1.165) is 24.8 Å². The molecular weight excluding hydrogens is 314 g/mol. The van der Waals surface area contributed by atoms with Gasteiger partial charge in [0.05, 0.1) is 6.10 Å². The number of aryl methyl sites for hydroxylation is 1. The van der Waals surface area contributed by atoms with Gasteiger partial charge in [0.25, 0.3) is 0 Å². The molecule has 3 rings (SSSR count). The molecule has 132 valence electrons. The van der Waals surface area contributed by atoms with E-state index in [1.165, 1.54) is 5.56 Å². The lowest BCUT2D eigenvalue weighted by molar-refractivity contribution is -0.122. The van der Waals surface area contributed by atoms with E-state index in [9.17, 15) is 15.0 Å². The predicted octanol–water partition coefficient (Wildman–Crippen LogP) is 2.82. The number of phenols is 1. The second-order valence-corrected chi connectivity index (χ2v) is 6.92. The number of carbonyl (C=O) groups excluding carboxylic acids is 1. The highest BCUT2D eigenvalue weighted by atomic mass is 16.3. The number of benzene rings is 2. The average Bonchev–Trinajstić information content (AvgIpc) is 2.58. The molecule has 0 aromatic heterocycles. The Balaban J connectivity index is 1.56. The highest BCUT2D eigenvalue weighted by Crippen LogP contribution is 2.31. The minimum absolute atomic E-state index is 0.0191. The minimum atomic E-state index is -0.229. The van der Waals surface area contributed by atoms with Gasteiger partial charge < -0.3 is 15.5 Å². The lowest BCUT2D eigenvalue weighted by atomic mass is 9.75. The van der Waals surface area contributed by atoms with Gasteiger partial charge in [0, 0.05) is 12.5 Å². The molecule has 1 amide bonds. The Hall–Kier alpha value is -2.33. The van der Waals surface area contributed by atoms with Crippen molar-refractivity contribution in [2.75, 3.05) is 0 Å². The second kappa shape index (κ2) is 8.17. The van der Waals surface area contributed by atoms with Crippen LogP contribution in [0.1, 0.15) is 30.4 Å². The molecule has 25 heavy (non-hydrogen) atoms. The number of hydrogen-bond donors (Lipinski definition) is 3. The van der Waals surface area contributed by atoms with Gasteiger partial charge in [-0.2, -0.15) is 0 Å². The van der Waals surface area contributed by atoms with Crippen molar-refractivity contribution in [3.8, 4) is 5.75 Å². The summed E-state index contributed by atoms with van der Waals surface area (Å²) in [4.78, 5) is 12.4. The zero-order valence-corrected chi connectivity index (χ0v) is 14.3. The van der Waals surface area contributed by atoms with Gasteiger partial charge in [0.15, 0.2) is 0 Å². The number of hydrogen-bond acceptors (Lipinski definition) is 3. The standard InChI is InChI=1S/C21H25NO3/c23-18-8-4-7-16(11-18)9-10-21(25)22-20(17-13-19(24)14-17)12-15-5-2-1-3-6-15/h1-8,11,17,19-20,23-24H,9-10,12-14H2,(H,22,25)/t17?,19?,20-/m0/s1. The molecule has 4 nitrogen and oxygen atoms in total. The smallest absolute Gasteiger partial charge is 0.220 e. The van der Waals surface area contributed by atoms with Crippen LogP contribution in [0.2, 0.25) is 0 Å². The highest BCUT2D eigenvalue weighted by molar-refractivity contribution is 5.76. The molecule has 2 aromatic carbocycles. The first-order valence-electron chi connectivity index (χ1n) is 8.89. The number of aromatic hydroxyl groups is 1. The lowest BCUT2D eigenvalue weighted by Gasteiger charge is -2.38. The highest BCUT2D eigenvalue weighted by Gasteiger charge is 2.34. The van der Waals surface area contributed by atoms with Gasteiger partial charge in [-0.25, -0.2) is 0 Å². The Labute approximate surface area is 148 Å². The Morgan fingerprint density at radius 3 is 2.48 bits per heavy atom. The third-order valence-corrected chi connectivity index (χ3v) is 4.91. The Bertz CT molecular complexity index is 695. The van der Waals surface area contributed by atoms with Crippen LogP contribution in [0.3, 0.4) is 0 Å². The summed E-state index contributed by atoms with van der Waals surface area (Å²) in [5, 5.41) is 22.3. The predicted molar refractivity (Wildman–Crippen MR) is 97.2 cm³/mol. The van der Waals surface area contributed by atoms with Gasteiger partial charge in [-0.3, -0.25) is 4.79 Å². The second-order valence-electron chi connectivity index (χ2n) is 6.92. The first kappa shape index (κ1) is 17.5. The van der Waals surface area contributed by atoms with Crippen molar-refractivity contribution in [3.63, 3.8) is 0 Å². The number of amides is 1. The molecule has 2 aromatic rings. The SMILES string of the molecule is O=C(CCc1cccc(O)c1)N[C@@H](Cc1ccccc1)C1CC(O)C1. The average molecular weight is 339 g/mol. The van der Waals surface area contributed by atoms with Gasteiger partial charge in [-0.1, -0.05) is 42.5 Å². The number of nitrogens with one attached hydrogen (secondary N) is 1. The molecule has 3 N–H and O–H groups in total. The van der Waals surface area contributed by atoms with Gasteiger partial charge in [-0.15, -0.1) is 0 Å². The first-order valence-corrected chi connectivity index (χ1v) is 8.89. The van der Waals surface area contributed by atoms with Crippen molar-refractivity contribution < 1.29 is 15.0 Å². The molecular formula is C21H25NO3. The van der Waals surface area contributed by atoms with E-state index in [0.29, 0.717) is 18.8 Å². The van der Waals surface area contributed by atoms with Crippen LogP contribution in [0.4, 0.5) is 0 Å². The van der Waals surface area contributed by atoms with E-state index in [1.54, 1.807) is 18.2 Å². The summed E-state index contributed by atoms with van der Waals surface area (Å²) in [5.41, 5.74) is 2.15. The fourth-order valence-corrected chi connectivity index (χ4v) is 3.41. The van der Waals surface area contributed by atoms with Crippen molar-refractivity contribution in [2.24, 2.45) is 5.92 Å². The molecule has 0 unspecified atom stereocenters. The largest absolute Gasteiger partial charge is 0.508 e. The molecule has 0 spiro atoms. The van der Waals surface area contributed by atoms with Crippen molar-refractivity contribution in [1.29, 1.82) is 0 Å². The number of carbonyl (C=O) groups is 1.